The molecule has 1 N–H and O–H groups in total. The predicted octanol–water partition coefficient (Wildman–Crippen LogP) is 6.26. The van der Waals surface area contributed by atoms with Gasteiger partial charge in [0.15, 0.2) is 6.61 Å². The Morgan fingerprint density at radius 1 is 1.11 bits per heavy atom. The van der Waals surface area contributed by atoms with E-state index < -0.39 is 17.1 Å². The number of rotatable bonds is 6. The summed E-state index contributed by atoms with van der Waals surface area (Å²) >= 11 is 6.84. The largest absolute Gasteiger partial charge is 0.483 e. The van der Waals surface area contributed by atoms with E-state index in [1.54, 1.807) is 36.4 Å². The normalized spacial score (nSPS) is 11.7. The van der Waals surface area contributed by atoms with Crippen molar-refractivity contribution in [2.24, 2.45) is 5.10 Å². The Morgan fingerprint density at radius 2 is 1.81 bits per heavy atom. The first-order valence-corrected chi connectivity index (χ1v) is 12.9. The van der Waals surface area contributed by atoms with E-state index in [1.165, 1.54) is 29.1 Å². The first-order chi connectivity index (χ1) is 17.5. The number of fused-ring (bicyclic) bond motifs is 1. The third-order valence-corrected chi connectivity index (χ3v) is 6.26. The molecule has 7 nitrogen and oxygen atoms in total. The summed E-state index contributed by atoms with van der Waals surface area (Å²) in [5.41, 5.74) is 0.387. The molecule has 0 spiro atoms. The molecule has 1 amide bonds. The molecule has 1 aromatic heterocycles. The van der Waals surface area contributed by atoms with Gasteiger partial charge in [0.25, 0.3) is 11.5 Å². The second-order valence-electron chi connectivity index (χ2n) is 9.21. The summed E-state index contributed by atoms with van der Waals surface area (Å²) in [5.74, 6) is -0.210. The smallest absolute Gasteiger partial charge is 0.282 e. The maximum absolute atomic E-state index is 13.8. The molecule has 0 fully saturated rings. The van der Waals surface area contributed by atoms with Crippen LogP contribution in [0.1, 0.15) is 32.2 Å². The summed E-state index contributed by atoms with van der Waals surface area (Å²) in [6.45, 7) is 5.50. The number of amides is 1. The van der Waals surface area contributed by atoms with E-state index in [1.807, 2.05) is 26.8 Å². The molecule has 4 rings (SSSR count). The molecule has 0 aliphatic rings. The van der Waals surface area contributed by atoms with Crippen LogP contribution < -0.4 is 15.6 Å². The Hall–Kier alpha value is -3.37. The molecule has 0 unspecified atom stereocenters. The molecule has 0 saturated carbocycles. The molecule has 0 saturated heterocycles. The van der Waals surface area contributed by atoms with Crippen molar-refractivity contribution in [2.75, 3.05) is 11.9 Å². The van der Waals surface area contributed by atoms with E-state index >= 15 is 0 Å². The number of nitrogens with zero attached hydrogens (tertiary/aromatic N) is 3. The molecule has 0 radical (unpaired) electrons. The monoisotopic (exact) mass is 628 g/mol. The SMILES string of the molecule is CC(C)(C)c1nc2ccc(Br)cc2c(=O)n1N=Cc1cc(Br)ccc1OCC(=O)Nc1ccccc1F. The topological polar surface area (TPSA) is 85.6 Å². The zero-order valence-corrected chi connectivity index (χ0v) is 23.4. The van der Waals surface area contributed by atoms with Gasteiger partial charge in [-0.05, 0) is 48.5 Å². The Labute approximate surface area is 229 Å². The fourth-order valence-corrected chi connectivity index (χ4v) is 4.24. The van der Waals surface area contributed by atoms with E-state index in [0.717, 1.165) is 8.95 Å². The molecule has 37 heavy (non-hydrogen) atoms. The molecule has 0 aliphatic carbocycles. The average molecular weight is 630 g/mol. The Bertz CT molecular complexity index is 1580. The molecule has 10 heteroatoms. The Kier molecular flexibility index (Phi) is 7.89. The van der Waals surface area contributed by atoms with Crippen molar-refractivity contribution in [3.05, 3.63) is 97.2 Å². The lowest BCUT2D eigenvalue weighted by Gasteiger charge is -2.21. The highest BCUT2D eigenvalue weighted by Crippen LogP contribution is 2.25. The maximum Gasteiger partial charge on any atom is 0.282 e. The first kappa shape index (κ1) is 26.7. The van der Waals surface area contributed by atoms with E-state index in [-0.39, 0.29) is 17.9 Å². The number of para-hydroxylation sites is 1. The Morgan fingerprint density at radius 3 is 2.54 bits per heavy atom. The zero-order valence-electron chi connectivity index (χ0n) is 20.3. The molecular weight excluding hydrogens is 607 g/mol. The van der Waals surface area contributed by atoms with Crippen LogP contribution in [0.15, 0.2) is 79.5 Å². The van der Waals surface area contributed by atoms with Gasteiger partial charge in [-0.3, -0.25) is 9.59 Å². The number of carbonyl (C=O) groups excluding carboxylic acids is 1. The fourth-order valence-electron chi connectivity index (χ4n) is 3.51. The van der Waals surface area contributed by atoms with Crippen LogP contribution in [-0.4, -0.2) is 28.4 Å². The van der Waals surface area contributed by atoms with Gasteiger partial charge in [-0.2, -0.15) is 9.78 Å². The van der Waals surface area contributed by atoms with E-state index in [0.29, 0.717) is 28.0 Å². The van der Waals surface area contributed by atoms with Crippen molar-refractivity contribution in [3.8, 4) is 5.75 Å². The van der Waals surface area contributed by atoms with Gasteiger partial charge in [0.1, 0.15) is 17.4 Å². The first-order valence-electron chi connectivity index (χ1n) is 11.3. The standard InChI is InChI=1S/C27H23Br2FN4O3/c1-27(2,3)26-33-21-10-8-18(29)13-19(21)25(36)34(26)31-14-16-12-17(28)9-11-23(16)37-15-24(35)32-22-7-5-4-6-20(22)30/h4-14H,15H2,1-3H3,(H,32,35). The van der Waals surface area contributed by atoms with Crippen LogP contribution in [-0.2, 0) is 10.2 Å². The van der Waals surface area contributed by atoms with Crippen LogP contribution >= 0.6 is 31.9 Å². The van der Waals surface area contributed by atoms with Gasteiger partial charge in [-0.15, -0.1) is 0 Å². The Balaban J connectivity index is 1.66. The zero-order chi connectivity index (χ0) is 26.7. The van der Waals surface area contributed by atoms with Crippen LogP contribution in [0.25, 0.3) is 10.9 Å². The van der Waals surface area contributed by atoms with E-state index in [4.69, 9.17) is 9.72 Å². The number of halogens is 3. The van der Waals surface area contributed by atoms with Crippen molar-refractivity contribution in [3.63, 3.8) is 0 Å². The number of hydrogen-bond donors (Lipinski definition) is 1. The number of aromatic nitrogens is 2. The van der Waals surface area contributed by atoms with Crippen molar-refractivity contribution in [1.82, 2.24) is 9.66 Å². The molecule has 0 aliphatic heterocycles. The summed E-state index contributed by atoms with van der Waals surface area (Å²) in [6.07, 6.45) is 1.48. The van der Waals surface area contributed by atoms with E-state index in [2.05, 4.69) is 42.3 Å². The summed E-state index contributed by atoms with van der Waals surface area (Å²) < 4.78 is 22.3. The lowest BCUT2D eigenvalue weighted by Crippen LogP contribution is -2.29. The van der Waals surface area contributed by atoms with Gasteiger partial charge in [-0.1, -0.05) is 64.8 Å². The van der Waals surface area contributed by atoms with Crippen molar-refractivity contribution in [1.29, 1.82) is 0 Å². The quantitative estimate of drug-likeness (QED) is 0.255. The number of anilines is 1. The number of ether oxygens (including phenoxy) is 1. The number of benzene rings is 3. The van der Waals surface area contributed by atoms with Crippen molar-refractivity contribution < 1.29 is 13.9 Å². The third-order valence-electron chi connectivity index (χ3n) is 5.27. The molecule has 0 bridgehead atoms. The van der Waals surface area contributed by atoms with Crippen LogP contribution in [0, 0.1) is 5.82 Å². The molecular formula is C27H23Br2FN4O3. The summed E-state index contributed by atoms with van der Waals surface area (Å²) in [4.78, 5) is 30.5. The third kappa shape index (κ3) is 6.31. The summed E-state index contributed by atoms with van der Waals surface area (Å²) in [7, 11) is 0. The van der Waals surface area contributed by atoms with Crippen molar-refractivity contribution in [2.45, 2.75) is 26.2 Å². The summed E-state index contributed by atoms with van der Waals surface area (Å²) in [6, 6.07) is 16.4. The minimum Gasteiger partial charge on any atom is -0.483 e. The van der Waals surface area contributed by atoms with Gasteiger partial charge in [0.05, 0.1) is 22.8 Å². The average Bonchev–Trinajstić information content (AvgIpc) is 2.84. The second kappa shape index (κ2) is 10.9. The lowest BCUT2D eigenvalue weighted by atomic mass is 9.95. The molecule has 3 aromatic carbocycles. The second-order valence-corrected chi connectivity index (χ2v) is 11.0. The predicted molar refractivity (Wildman–Crippen MR) is 150 cm³/mol. The van der Waals surface area contributed by atoms with Crippen LogP contribution in [0.3, 0.4) is 0 Å². The van der Waals surface area contributed by atoms with Crippen molar-refractivity contribution >= 4 is 60.6 Å². The van der Waals surface area contributed by atoms with E-state index in [9.17, 15) is 14.0 Å². The molecule has 190 valence electrons. The highest BCUT2D eigenvalue weighted by molar-refractivity contribution is 9.10. The van der Waals surface area contributed by atoms with Crippen LogP contribution in [0.5, 0.6) is 5.75 Å². The van der Waals surface area contributed by atoms with Gasteiger partial charge in [0.2, 0.25) is 0 Å². The van der Waals surface area contributed by atoms with Gasteiger partial charge in [-0.25, -0.2) is 9.37 Å². The van der Waals surface area contributed by atoms with Gasteiger partial charge in [0, 0.05) is 19.9 Å². The molecule has 4 aromatic rings. The minimum atomic E-state index is -0.538. The van der Waals surface area contributed by atoms with Crippen LogP contribution in [0.4, 0.5) is 10.1 Å². The van der Waals surface area contributed by atoms with Gasteiger partial charge < -0.3 is 10.1 Å². The maximum atomic E-state index is 13.8. The highest BCUT2D eigenvalue weighted by atomic mass is 79.9. The lowest BCUT2D eigenvalue weighted by molar-refractivity contribution is -0.118. The number of nitrogens with one attached hydrogen (secondary N) is 1. The minimum absolute atomic E-state index is 0.0678. The van der Waals surface area contributed by atoms with Crippen LogP contribution in [0.2, 0.25) is 0 Å². The number of hydrogen-bond acceptors (Lipinski definition) is 5. The van der Waals surface area contributed by atoms with Gasteiger partial charge >= 0.3 is 0 Å². The molecule has 1 heterocycles. The summed E-state index contributed by atoms with van der Waals surface area (Å²) in [5, 5.41) is 7.39. The highest BCUT2D eigenvalue weighted by Gasteiger charge is 2.23. The number of carbonyl (C=O) groups is 1. The fraction of sp³-hybridized carbons (Fsp3) is 0.185. The molecule has 0 atom stereocenters.